The van der Waals surface area contributed by atoms with Crippen LogP contribution in [0.15, 0.2) is 52.1 Å². The third-order valence-electron chi connectivity index (χ3n) is 5.02. The number of guanidine groups is 1. The quantitative estimate of drug-likeness (QED) is 0.324. The van der Waals surface area contributed by atoms with E-state index < -0.39 is 0 Å². The highest BCUT2D eigenvalue weighted by Crippen LogP contribution is 2.15. The molecule has 1 aliphatic rings. The summed E-state index contributed by atoms with van der Waals surface area (Å²) in [5.74, 6) is 2.35. The molecule has 28 heavy (non-hydrogen) atoms. The zero-order valence-electron chi connectivity index (χ0n) is 16.8. The van der Waals surface area contributed by atoms with Crippen molar-refractivity contribution in [3.63, 3.8) is 0 Å². The number of hydrogen-bond donors (Lipinski definition) is 2. The molecule has 1 saturated heterocycles. The van der Waals surface area contributed by atoms with E-state index in [-0.39, 0.29) is 30.0 Å². The molecular formula is C22H32IN3O2. The summed E-state index contributed by atoms with van der Waals surface area (Å²) in [6.45, 7) is 7.59. The summed E-state index contributed by atoms with van der Waals surface area (Å²) in [4.78, 5) is 4.81. The van der Waals surface area contributed by atoms with E-state index in [1.807, 2.05) is 12.1 Å². The van der Waals surface area contributed by atoms with Crippen molar-refractivity contribution in [3.05, 3.63) is 59.5 Å². The molecule has 5 nitrogen and oxygen atoms in total. The first kappa shape index (κ1) is 22.7. The average Bonchev–Trinajstić information content (AvgIpc) is 3.40. The van der Waals surface area contributed by atoms with Gasteiger partial charge in [-0.3, -0.25) is 4.99 Å². The Hall–Kier alpha value is -1.54. The molecule has 0 saturated carbocycles. The molecule has 1 aromatic carbocycles. The van der Waals surface area contributed by atoms with Crippen LogP contribution in [0.3, 0.4) is 0 Å². The summed E-state index contributed by atoms with van der Waals surface area (Å²) in [5, 5.41) is 6.99. The molecule has 1 aliphatic heterocycles. The van der Waals surface area contributed by atoms with E-state index in [1.54, 1.807) is 6.26 Å². The van der Waals surface area contributed by atoms with Crippen LogP contribution in [0, 0.1) is 5.92 Å². The Bertz CT molecular complexity index is 695. The smallest absolute Gasteiger partial charge is 0.191 e. The number of hydrogen-bond acceptors (Lipinski definition) is 3. The Labute approximate surface area is 185 Å². The van der Waals surface area contributed by atoms with Crippen molar-refractivity contribution < 1.29 is 9.15 Å². The van der Waals surface area contributed by atoms with E-state index in [2.05, 4.69) is 48.7 Å². The summed E-state index contributed by atoms with van der Waals surface area (Å²) >= 11 is 0. The molecule has 2 atom stereocenters. The number of ether oxygens (including phenoxy) is 1. The number of rotatable bonds is 8. The molecule has 154 valence electrons. The van der Waals surface area contributed by atoms with Gasteiger partial charge in [0.2, 0.25) is 0 Å². The third-order valence-corrected chi connectivity index (χ3v) is 5.02. The van der Waals surface area contributed by atoms with Crippen LogP contribution in [-0.2, 0) is 17.6 Å². The molecule has 2 aromatic rings. The van der Waals surface area contributed by atoms with Gasteiger partial charge in [0, 0.05) is 32.0 Å². The minimum atomic E-state index is 0. The molecule has 3 rings (SSSR count). The first-order chi connectivity index (χ1) is 13.2. The summed E-state index contributed by atoms with van der Waals surface area (Å²) in [7, 11) is 0. The Balaban J connectivity index is 0.00000280. The average molecular weight is 497 g/mol. The van der Waals surface area contributed by atoms with Gasteiger partial charge in [0.15, 0.2) is 5.96 Å². The van der Waals surface area contributed by atoms with E-state index in [4.69, 9.17) is 14.1 Å². The van der Waals surface area contributed by atoms with Crippen molar-refractivity contribution in [3.8, 4) is 0 Å². The molecule has 1 fully saturated rings. The van der Waals surface area contributed by atoms with Gasteiger partial charge >= 0.3 is 0 Å². The highest BCUT2D eigenvalue weighted by Gasteiger charge is 2.16. The molecule has 0 amide bonds. The van der Waals surface area contributed by atoms with Gasteiger partial charge in [-0.25, -0.2) is 0 Å². The van der Waals surface area contributed by atoms with Crippen molar-refractivity contribution in [1.29, 1.82) is 0 Å². The van der Waals surface area contributed by atoms with Crippen LogP contribution >= 0.6 is 24.0 Å². The number of aliphatic imine (C=N–C) groups is 1. The molecular weight excluding hydrogens is 465 g/mol. The van der Waals surface area contributed by atoms with Gasteiger partial charge in [-0.2, -0.15) is 0 Å². The molecule has 2 heterocycles. The van der Waals surface area contributed by atoms with Crippen molar-refractivity contribution in [1.82, 2.24) is 10.6 Å². The maximum absolute atomic E-state index is 5.47. The Kier molecular flexibility index (Phi) is 9.84. The molecule has 2 unspecified atom stereocenters. The molecule has 2 N–H and O–H groups in total. The van der Waals surface area contributed by atoms with E-state index >= 15 is 0 Å². The highest BCUT2D eigenvalue weighted by molar-refractivity contribution is 14.0. The molecule has 1 aromatic heterocycles. The summed E-state index contributed by atoms with van der Waals surface area (Å²) in [5.41, 5.74) is 2.62. The fraction of sp³-hybridized carbons (Fsp3) is 0.500. The zero-order chi connectivity index (χ0) is 18.9. The van der Waals surface area contributed by atoms with E-state index in [0.29, 0.717) is 5.92 Å². The normalized spacial score (nSPS) is 17.8. The van der Waals surface area contributed by atoms with Crippen LogP contribution in [0.5, 0.6) is 0 Å². The Morgan fingerprint density at radius 1 is 1.25 bits per heavy atom. The molecule has 0 bridgehead atoms. The maximum atomic E-state index is 5.47. The fourth-order valence-corrected chi connectivity index (χ4v) is 3.19. The predicted octanol–water partition coefficient (Wildman–Crippen LogP) is 4.34. The van der Waals surface area contributed by atoms with E-state index in [9.17, 15) is 0 Å². The number of nitrogens with zero attached hydrogens (tertiary/aromatic N) is 1. The minimum Gasteiger partial charge on any atom is -0.469 e. The Morgan fingerprint density at radius 2 is 2.07 bits per heavy atom. The first-order valence-corrected chi connectivity index (χ1v) is 9.98. The standard InChI is InChI=1S/C22H31N3O2.HI/c1-3-18-6-8-20(9-7-18)17(2)25-22(24-15-19-11-14-26-16-19)23-12-10-21-5-4-13-27-21;/h4-9,13,17,19H,3,10-12,14-16H2,1-2H3,(H2,23,24,25);1H. The largest absolute Gasteiger partial charge is 0.469 e. The lowest BCUT2D eigenvalue weighted by Crippen LogP contribution is -2.40. The molecule has 0 radical (unpaired) electrons. The molecule has 6 heteroatoms. The number of nitrogens with one attached hydrogen (secondary N) is 2. The first-order valence-electron chi connectivity index (χ1n) is 9.98. The minimum absolute atomic E-state index is 0. The zero-order valence-corrected chi connectivity index (χ0v) is 19.1. The second kappa shape index (κ2) is 12.1. The van der Waals surface area contributed by atoms with Gasteiger partial charge in [-0.15, -0.1) is 24.0 Å². The van der Waals surface area contributed by atoms with Gasteiger partial charge < -0.3 is 19.8 Å². The van der Waals surface area contributed by atoms with E-state index in [0.717, 1.165) is 57.3 Å². The molecule has 0 aliphatic carbocycles. The van der Waals surface area contributed by atoms with Gasteiger partial charge in [-0.1, -0.05) is 31.2 Å². The predicted molar refractivity (Wildman–Crippen MR) is 124 cm³/mol. The topological polar surface area (TPSA) is 58.8 Å². The van der Waals surface area contributed by atoms with Crippen LogP contribution in [0.25, 0.3) is 0 Å². The van der Waals surface area contributed by atoms with Crippen molar-refractivity contribution >= 4 is 29.9 Å². The van der Waals surface area contributed by atoms with Crippen LogP contribution in [-0.4, -0.2) is 32.3 Å². The lowest BCUT2D eigenvalue weighted by atomic mass is 10.1. The second-order valence-electron chi connectivity index (χ2n) is 7.14. The third kappa shape index (κ3) is 7.13. The van der Waals surface area contributed by atoms with Crippen molar-refractivity contribution in [2.75, 3.05) is 26.3 Å². The van der Waals surface area contributed by atoms with Crippen LogP contribution < -0.4 is 10.6 Å². The molecule has 0 spiro atoms. The number of aryl methyl sites for hydroxylation is 1. The van der Waals surface area contributed by atoms with Crippen molar-refractivity contribution in [2.24, 2.45) is 10.9 Å². The lowest BCUT2D eigenvalue weighted by molar-refractivity contribution is 0.187. The number of benzene rings is 1. The summed E-state index contributed by atoms with van der Waals surface area (Å²) in [6, 6.07) is 12.9. The van der Waals surface area contributed by atoms with Gasteiger partial charge in [0.25, 0.3) is 0 Å². The van der Waals surface area contributed by atoms with Gasteiger partial charge in [0.1, 0.15) is 5.76 Å². The summed E-state index contributed by atoms with van der Waals surface area (Å²) < 4.78 is 10.9. The second-order valence-corrected chi connectivity index (χ2v) is 7.14. The van der Waals surface area contributed by atoms with Crippen molar-refractivity contribution in [2.45, 2.75) is 39.2 Å². The Morgan fingerprint density at radius 3 is 2.71 bits per heavy atom. The van der Waals surface area contributed by atoms with Gasteiger partial charge in [-0.05, 0) is 43.0 Å². The maximum Gasteiger partial charge on any atom is 0.191 e. The van der Waals surface area contributed by atoms with Crippen LogP contribution in [0.4, 0.5) is 0 Å². The summed E-state index contributed by atoms with van der Waals surface area (Å²) in [6.07, 6.45) is 4.70. The lowest BCUT2D eigenvalue weighted by Gasteiger charge is -2.19. The van der Waals surface area contributed by atoms with Crippen LogP contribution in [0.2, 0.25) is 0 Å². The van der Waals surface area contributed by atoms with Crippen LogP contribution in [0.1, 0.15) is 43.2 Å². The SMILES string of the molecule is CCc1ccc(C(C)NC(=NCC2CCOC2)NCCc2ccco2)cc1.I. The number of halogens is 1. The highest BCUT2D eigenvalue weighted by atomic mass is 127. The van der Waals surface area contributed by atoms with E-state index in [1.165, 1.54) is 11.1 Å². The fourth-order valence-electron chi connectivity index (χ4n) is 3.19. The van der Waals surface area contributed by atoms with Gasteiger partial charge in [0.05, 0.1) is 18.9 Å². The monoisotopic (exact) mass is 497 g/mol. The number of furan rings is 1.